The molecule has 1 atom stereocenters. The van der Waals surface area contributed by atoms with Gasteiger partial charge in [-0.15, -0.1) is 0 Å². The Hall–Kier alpha value is -6.94. The number of aliphatic hydroxyl groups is 1. The summed E-state index contributed by atoms with van der Waals surface area (Å²) >= 11 is 0. The van der Waals surface area contributed by atoms with E-state index in [2.05, 4.69) is 155 Å². The largest absolute Gasteiger partial charge is 0.497 e. The molecule has 1 unspecified atom stereocenters. The van der Waals surface area contributed by atoms with Gasteiger partial charge in [-0.3, -0.25) is 14.4 Å². The first-order valence-corrected chi connectivity index (χ1v) is 30.9. The summed E-state index contributed by atoms with van der Waals surface area (Å²) in [6.07, 6.45) is 17.7. The number of fused-ring (bicyclic) bond motifs is 5. The Morgan fingerprint density at radius 2 is 1.53 bits per heavy atom. The monoisotopic (exact) mass is 1140 g/mol. The third-order valence-corrected chi connectivity index (χ3v) is 18.2. The van der Waals surface area contributed by atoms with Crippen molar-refractivity contribution in [3.63, 3.8) is 0 Å². The van der Waals surface area contributed by atoms with Gasteiger partial charge < -0.3 is 30.1 Å². The molecule has 0 spiro atoms. The molecule has 0 radical (unpaired) electrons. The first-order chi connectivity index (χ1) is 39.8. The fraction of sp³-hybridized carbons (Fsp3) is 0.406. The Kier molecular flexibility index (Phi) is 20.3. The van der Waals surface area contributed by atoms with Crippen LogP contribution in [0.5, 0.6) is 5.75 Å². The molecule has 5 aromatic rings. The second kappa shape index (κ2) is 27.2. The van der Waals surface area contributed by atoms with Crippen LogP contribution >= 0.6 is 0 Å². The Morgan fingerprint density at radius 3 is 2.23 bits per heavy atom. The number of rotatable bonds is 27. The number of hydrogen-bond acceptors (Lipinski definition) is 9. The van der Waals surface area contributed by atoms with Crippen molar-refractivity contribution in [1.82, 2.24) is 20.0 Å². The molecule has 0 saturated carbocycles. The van der Waals surface area contributed by atoms with Crippen LogP contribution in [0.4, 0.5) is 5.69 Å². The van der Waals surface area contributed by atoms with Crippen molar-refractivity contribution in [2.75, 3.05) is 59.7 Å². The van der Waals surface area contributed by atoms with Crippen LogP contribution in [0, 0.1) is 26.2 Å². The summed E-state index contributed by atoms with van der Waals surface area (Å²) in [6.45, 7) is 26.0. The van der Waals surface area contributed by atoms with Gasteiger partial charge in [-0.25, -0.2) is 8.42 Å². The highest BCUT2D eigenvalue weighted by Gasteiger charge is 2.46. The molecule has 14 heteroatoms. The van der Waals surface area contributed by atoms with Crippen LogP contribution in [0.2, 0.25) is 0 Å². The Morgan fingerprint density at radius 1 is 0.819 bits per heavy atom. The standard InChI is InChI=1S/C69H85N5O8S/c1-12-64(76)70-36-35-53(46-75)74(83(78,79)55-29-25-52(26-30-55)51-23-27-54(80-11)28-24-51)82-41-40-81-39-37-71-65(77)22-18-15-19-38-73-61-34-32-57-50(6)43-48(4)45-59(57)67(61)69(9,10)63(73)21-17-14-16-20-62-68(7,8)66-58-44-47(3)42-49(5)56(58)31-33-60(66)72(62)13-2/h14,16-17,20-21,23-32,34,42-45,53,75H,5,12-13,15,18-19,22,33,35-41,46H2,1-4,6-11H3,(H-,70,71,76,77)/p+1. The predicted molar refractivity (Wildman–Crippen MR) is 335 cm³/mol. The van der Waals surface area contributed by atoms with Crippen LogP contribution in [0.1, 0.15) is 114 Å². The van der Waals surface area contributed by atoms with Crippen LogP contribution in [0.15, 0.2) is 132 Å². The van der Waals surface area contributed by atoms with Crippen molar-refractivity contribution in [1.29, 1.82) is 0 Å². The molecule has 2 heterocycles. The van der Waals surface area contributed by atoms with Crippen LogP contribution < -0.4 is 25.8 Å². The number of amides is 2. The second-order valence-electron chi connectivity index (χ2n) is 23.0. The summed E-state index contributed by atoms with van der Waals surface area (Å²) in [5.41, 5.74) is 14.3. The van der Waals surface area contributed by atoms with Crippen LogP contribution in [0.25, 0.3) is 40.1 Å². The fourth-order valence-electron chi connectivity index (χ4n) is 12.4. The first kappa shape index (κ1) is 62.1. The van der Waals surface area contributed by atoms with Crippen molar-refractivity contribution in [3.8, 4) is 16.9 Å². The number of carbonyl (C=O) groups excluding carboxylic acids is 2. The van der Waals surface area contributed by atoms with Gasteiger partial charge in [0, 0.05) is 79.8 Å². The van der Waals surface area contributed by atoms with Gasteiger partial charge in [0.2, 0.25) is 17.5 Å². The Labute approximate surface area is 492 Å². The van der Waals surface area contributed by atoms with E-state index in [-0.39, 0.29) is 73.3 Å². The number of aryl methyl sites for hydroxylation is 3. The number of aliphatic hydroxyl groups excluding tert-OH is 1. The molecule has 3 aliphatic rings. The van der Waals surface area contributed by atoms with Crippen LogP contribution in [0.3, 0.4) is 0 Å². The topological polar surface area (TPSA) is 150 Å². The molecule has 0 bridgehead atoms. The molecule has 0 saturated heterocycles. The molecule has 2 aliphatic heterocycles. The molecule has 8 rings (SSSR count). The lowest BCUT2D eigenvalue weighted by atomic mass is 9.76. The van der Waals surface area contributed by atoms with Gasteiger partial charge in [0.05, 0.1) is 49.9 Å². The van der Waals surface area contributed by atoms with E-state index in [1.807, 2.05) is 24.3 Å². The average molecular weight is 1150 g/mol. The molecule has 83 heavy (non-hydrogen) atoms. The maximum Gasteiger partial charge on any atom is 0.265 e. The van der Waals surface area contributed by atoms with Crippen molar-refractivity contribution in [2.45, 2.75) is 124 Å². The van der Waals surface area contributed by atoms with E-state index in [4.69, 9.17) is 14.3 Å². The van der Waals surface area contributed by atoms with Gasteiger partial charge in [0.1, 0.15) is 12.3 Å². The molecular weight excluding hydrogens is 1060 g/mol. The minimum absolute atomic E-state index is 0.0234. The molecule has 440 valence electrons. The lowest BCUT2D eigenvalue weighted by Gasteiger charge is -2.29. The highest BCUT2D eigenvalue weighted by molar-refractivity contribution is 7.89. The third-order valence-electron chi connectivity index (χ3n) is 16.5. The SMILES string of the molecule is C=c1cc(C)cc2c1=CCC1=C2C(C)(C)C(=CC=CC=CC2=[N+](CCCCCC(=O)NCCOCCON(C(CO)CCNC(=O)CC)S(=O)(=O)c3ccc(-c4ccc(OC)cc4)cc3)c3ccc4c(C)cc(C)cc4c3C2(C)C)N1CC. The van der Waals surface area contributed by atoms with Gasteiger partial charge in [-0.2, -0.15) is 4.58 Å². The fourth-order valence-corrected chi connectivity index (χ4v) is 13.8. The number of hydrogen-bond donors (Lipinski definition) is 3. The summed E-state index contributed by atoms with van der Waals surface area (Å²) in [6, 6.07) is 26.5. The van der Waals surface area contributed by atoms with Crippen molar-refractivity contribution < 1.29 is 42.0 Å². The average Bonchev–Trinajstić information content (AvgIpc) is 3.27. The molecule has 2 amide bonds. The number of carbonyl (C=O) groups is 2. The Balaban J connectivity index is 0.857. The van der Waals surface area contributed by atoms with Gasteiger partial charge >= 0.3 is 0 Å². The number of hydroxylamine groups is 1. The van der Waals surface area contributed by atoms with Gasteiger partial charge in [-0.05, 0) is 152 Å². The second-order valence-corrected chi connectivity index (χ2v) is 24.8. The van der Waals surface area contributed by atoms with E-state index >= 15 is 0 Å². The third kappa shape index (κ3) is 13.7. The summed E-state index contributed by atoms with van der Waals surface area (Å²) in [5.74, 6) is 0.457. The Bertz CT molecular complexity index is 3600. The zero-order chi connectivity index (χ0) is 59.6. The number of methoxy groups -OCH3 is 1. The summed E-state index contributed by atoms with van der Waals surface area (Å²) < 4.78 is 42.5. The van der Waals surface area contributed by atoms with E-state index in [0.29, 0.717) is 12.2 Å². The summed E-state index contributed by atoms with van der Waals surface area (Å²) in [7, 11) is -2.68. The van der Waals surface area contributed by atoms with Gasteiger partial charge in [0.15, 0.2) is 5.71 Å². The van der Waals surface area contributed by atoms with E-state index in [0.717, 1.165) is 59.6 Å². The number of nitrogens with zero attached hydrogens (tertiary/aromatic N) is 3. The number of unbranched alkanes of at least 4 members (excludes halogenated alkanes) is 2. The number of nitrogens with one attached hydrogen (secondary N) is 2. The molecule has 13 nitrogen and oxygen atoms in total. The molecule has 0 aromatic heterocycles. The van der Waals surface area contributed by atoms with Gasteiger partial charge in [-0.1, -0.05) is 110 Å². The number of sulfonamides is 1. The minimum atomic E-state index is -4.27. The minimum Gasteiger partial charge on any atom is -0.497 e. The van der Waals surface area contributed by atoms with Crippen molar-refractivity contribution in [2.24, 2.45) is 5.41 Å². The van der Waals surface area contributed by atoms with E-state index < -0.39 is 22.7 Å². The maximum absolute atomic E-state index is 14.1. The zero-order valence-electron chi connectivity index (χ0n) is 50.5. The summed E-state index contributed by atoms with van der Waals surface area (Å²) in [5, 5.41) is 21.0. The van der Waals surface area contributed by atoms with E-state index in [1.54, 1.807) is 26.2 Å². The smallest absolute Gasteiger partial charge is 0.265 e. The van der Waals surface area contributed by atoms with Crippen molar-refractivity contribution in [3.05, 3.63) is 165 Å². The van der Waals surface area contributed by atoms with E-state index in [1.165, 1.54) is 84.3 Å². The number of benzene rings is 5. The molecule has 3 N–H and O–H groups in total. The van der Waals surface area contributed by atoms with Gasteiger partial charge in [0.25, 0.3) is 10.0 Å². The molecule has 5 aromatic carbocycles. The molecular formula is C69H86N5O8S+. The van der Waals surface area contributed by atoms with Crippen LogP contribution in [-0.4, -0.2) is 111 Å². The van der Waals surface area contributed by atoms with E-state index in [9.17, 15) is 23.1 Å². The molecule has 1 aliphatic carbocycles. The highest BCUT2D eigenvalue weighted by atomic mass is 32.2. The van der Waals surface area contributed by atoms with Crippen molar-refractivity contribution >= 4 is 62.2 Å². The lowest BCUT2D eigenvalue weighted by molar-refractivity contribution is -0.438. The summed E-state index contributed by atoms with van der Waals surface area (Å²) in [4.78, 5) is 33.4. The lowest BCUT2D eigenvalue weighted by Crippen LogP contribution is -2.44. The maximum atomic E-state index is 14.1. The number of ether oxygens (including phenoxy) is 2. The predicted octanol–water partition coefficient (Wildman–Crippen LogP) is 10.8. The molecule has 0 fully saturated rings. The number of allylic oxidation sites excluding steroid dienone is 7. The van der Waals surface area contributed by atoms with Crippen LogP contribution in [-0.2, 0) is 34.6 Å². The quantitative estimate of drug-likeness (QED) is 0.0202. The normalized spacial score (nSPS) is 16.3. The highest BCUT2D eigenvalue weighted by Crippen LogP contribution is 2.53. The zero-order valence-corrected chi connectivity index (χ0v) is 51.3. The first-order valence-electron chi connectivity index (χ1n) is 29.5.